The zero-order valence-corrected chi connectivity index (χ0v) is 15.9. The Morgan fingerprint density at radius 2 is 2.19 bits per heavy atom. The first-order chi connectivity index (χ1) is 12.5. The maximum Gasteiger partial charge on any atom is 0.306 e. The van der Waals surface area contributed by atoms with Gasteiger partial charge >= 0.3 is 5.97 Å². The van der Waals surface area contributed by atoms with Crippen molar-refractivity contribution in [2.24, 2.45) is 35.0 Å². The van der Waals surface area contributed by atoms with Crippen molar-refractivity contribution in [1.29, 1.82) is 0 Å². The Hall–Kier alpha value is -1.64. The maximum absolute atomic E-state index is 11.9. The summed E-state index contributed by atoms with van der Waals surface area (Å²) in [5.74, 6) is 2.75. The van der Waals surface area contributed by atoms with E-state index >= 15 is 0 Å². The van der Waals surface area contributed by atoms with Crippen molar-refractivity contribution in [3.63, 3.8) is 0 Å². The minimum Gasteiger partial charge on any atom is -0.458 e. The van der Waals surface area contributed by atoms with Gasteiger partial charge in [0.1, 0.15) is 6.10 Å². The van der Waals surface area contributed by atoms with Gasteiger partial charge in [-0.25, -0.2) is 0 Å². The number of hydrogen-bond donors (Lipinski definition) is 0. The third kappa shape index (κ3) is 2.62. The van der Waals surface area contributed by atoms with Crippen LogP contribution < -0.4 is 0 Å². The Balaban J connectivity index is 1.64. The maximum atomic E-state index is 11.9. The predicted molar refractivity (Wildman–Crippen MR) is 101 cm³/mol. The molecule has 0 aromatic heterocycles. The van der Waals surface area contributed by atoms with E-state index in [0.717, 1.165) is 25.7 Å². The van der Waals surface area contributed by atoms with E-state index in [2.05, 4.69) is 31.7 Å². The Labute approximate surface area is 156 Å². The summed E-state index contributed by atoms with van der Waals surface area (Å²) >= 11 is 0. The van der Waals surface area contributed by atoms with Crippen LogP contribution in [0.2, 0.25) is 0 Å². The standard InChI is InChI=1S/C23H30O3/c1-4-14-12-15-13-16(24)6-7-17(15)18-10-11-23(3)19(22(14)18)8-9-20(23)26-21(25)5-2/h4,8-9,13-14,17-20,22H,1,5-7,10-12H2,2-3H3/t14?,17?,18?,19?,20-,22?,23-/m0/s1. The van der Waals surface area contributed by atoms with Crippen LogP contribution in [0.4, 0.5) is 0 Å². The highest BCUT2D eigenvalue weighted by molar-refractivity contribution is 5.91. The normalized spacial score (nSPS) is 43.8. The quantitative estimate of drug-likeness (QED) is 0.548. The number of rotatable bonds is 3. The molecule has 3 heteroatoms. The third-order valence-electron chi connectivity index (χ3n) is 7.69. The predicted octanol–water partition coefficient (Wildman–Crippen LogP) is 4.64. The van der Waals surface area contributed by atoms with Crippen LogP contribution in [0.3, 0.4) is 0 Å². The molecule has 0 spiro atoms. The van der Waals surface area contributed by atoms with Gasteiger partial charge in [-0.05, 0) is 67.4 Å². The summed E-state index contributed by atoms with van der Waals surface area (Å²) < 4.78 is 5.79. The summed E-state index contributed by atoms with van der Waals surface area (Å²) in [5, 5.41) is 0. The second-order valence-electron chi connectivity index (χ2n) is 8.89. The minimum absolute atomic E-state index is 0.00103. The first kappa shape index (κ1) is 17.8. The molecule has 5 unspecified atom stereocenters. The Bertz CT molecular complexity index is 688. The lowest BCUT2D eigenvalue weighted by molar-refractivity contribution is -0.156. The lowest BCUT2D eigenvalue weighted by atomic mass is 9.49. The monoisotopic (exact) mass is 354 g/mol. The first-order valence-corrected chi connectivity index (χ1v) is 10.2. The molecular weight excluding hydrogens is 324 g/mol. The number of esters is 1. The van der Waals surface area contributed by atoms with Gasteiger partial charge in [-0.15, -0.1) is 6.58 Å². The van der Waals surface area contributed by atoms with E-state index in [1.54, 1.807) is 0 Å². The molecule has 140 valence electrons. The Morgan fingerprint density at radius 3 is 2.92 bits per heavy atom. The van der Waals surface area contributed by atoms with Crippen molar-refractivity contribution in [3.05, 3.63) is 36.5 Å². The lowest BCUT2D eigenvalue weighted by Gasteiger charge is -2.55. The van der Waals surface area contributed by atoms with Crippen molar-refractivity contribution < 1.29 is 14.3 Å². The first-order valence-electron chi connectivity index (χ1n) is 10.2. The number of fused-ring (bicyclic) bond motifs is 5. The van der Waals surface area contributed by atoms with E-state index in [9.17, 15) is 9.59 Å². The zero-order chi connectivity index (χ0) is 18.5. The lowest BCUT2D eigenvalue weighted by Crippen LogP contribution is -2.51. The molecule has 0 radical (unpaired) electrons. The highest BCUT2D eigenvalue weighted by Crippen LogP contribution is 2.62. The molecular formula is C23H30O3. The number of allylic oxidation sites excluding steroid dienone is 4. The van der Waals surface area contributed by atoms with E-state index in [4.69, 9.17) is 4.74 Å². The molecule has 4 aliphatic carbocycles. The fraction of sp³-hybridized carbons (Fsp3) is 0.652. The number of ether oxygens (including phenoxy) is 1. The molecule has 0 amide bonds. The van der Waals surface area contributed by atoms with Crippen molar-refractivity contribution >= 4 is 11.8 Å². The van der Waals surface area contributed by atoms with Crippen LogP contribution in [0.15, 0.2) is 36.5 Å². The molecule has 0 aromatic carbocycles. The second-order valence-corrected chi connectivity index (χ2v) is 8.89. The van der Waals surface area contributed by atoms with Crippen LogP contribution in [-0.4, -0.2) is 17.9 Å². The Kier molecular flexibility index (Phi) is 4.45. The van der Waals surface area contributed by atoms with Gasteiger partial charge in [0.25, 0.3) is 0 Å². The topological polar surface area (TPSA) is 43.4 Å². The molecule has 0 aromatic rings. The molecule has 0 N–H and O–H groups in total. The fourth-order valence-corrected chi connectivity index (χ4v) is 6.33. The van der Waals surface area contributed by atoms with E-state index in [-0.39, 0.29) is 17.5 Å². The minimum atomic E-state index is -0.108. The van der Waals surface area contributed by atoms with Crippen LogP contribution >= 0.6 is 0 Å². The van der Waals surface area contributed by atoms with Crippen molar-refractivity contribution in [2.45, 2.75) is 58.5 Å². The smallest absolute Gasteiger partial charge is 0.306 e. The molecule has 2 fully saturated rings. The van der Waals surface area contributed by atoms with Gasteiger partial charge in [0.2, 0.25) is 0 Å². The highest BCUT2D eigenvalue weighted by Gasteiger charge is 2.57. The van der Waals surface area contributed by atoms with Crippen LogP contribution in [0.5, 0.6) is 0 Å². The molecule has 3 nitrogen and oxygen atoms in total. The summed E-state index contributed by atoms with van der Waals surface area (Å²) in [5.41, 5.74) is 1.37. The zero-order valence-electron chi connectivity index (χ0n) is 15.9. The van der Waals surface area contributed by atoms with Gasteiger partial charge in [0, 0.05) is 18.3 Å². The number of ketones is 1. The molecule has 7 atom stereocenters. The number of carbonyl (C=O) groups is 2. The van der Waals surface area contributed by atoms with E-state index in [1.807, 2.05) is 13.0 Å². The summed E-state index contributed by atoms with van der Waals surface area (Å²) in [7, 11) is 0. The average Bonchev–Trinajstić information content (AvgIpc) is 2.96. The summed E-state index contributed by atoms with van der Waals surface area (Å²) in [6.07, 6.45) is 13.7. The molecule has 2 saturated carbocycles. The second kappa shape index (κ2) is 6.51. The average molecular weight is 354 g/mol. The third-order valence-corrected chi connectivity index (χ3v) is 7.69. The molecule has 0 bridgehead atoms. The highest BCUT2D eigenvalue weighted by atomic mass is 16.5. The molecule has 4 rings (SSSR count). The van der Waals surface area contributed by atoms with E-state index in [0.29, 0.717) is 48.2 Å². The number of carbonyl (C=O) groups excluding carboxylic acids is 2. The van der Waals surface area contributed by atoms with Crippen LogP contribution in [-0.2, 0) is 14.3 Å². The Morgan fingerprint density at radius 1 is 1.38 bits per heavy atom. The molecule has 26 heavy (non-hydrogen) atoms. The van der Waals surface area contributed by atoms with Crippen molar-refractivity contribution in [1.82, 2.24) is 0 Å². The van der Waals surface area contributed by atoms with Crippen LogP contribution in [0.25, 0.3) is 0 Å². The van der Waals surface area contributed by atoms with Crippen molar-refractivity contribution in [3.8, 4) is 0 Å². The van der Waals surface area contributed by atoms with Gasteiger partial charge in [-0.3, -0.25) is 9.59 Å². The van der Waals surface area contributed by atoms with Gasteiger partial charge in [-0.1, -0.05) is 31.6 Å². The van der Waals surface area contributed by atoms with E-state index in [1.165, 1.54) is 5.57 Å². The molecule has 0 aliphatic heterocycles. The molecule has 0 heterocycles. The van der Waals surface area contributed by atoms with Gasteiger partial charge in [-0.2, -0.15) is 0 Å². The molecule has 0 saturated heterocycles. The number of hydrogen-bond acceptors (Lipinski definition) is 3. The summed E-state index contributed by atoms with van der Waals surface area (Å²) in [6, 6.07) is 0. The van der Waals surface area contributed by atoms with Gasteiger partial charge in [0.15, 0.2) is 5.78 Å². The largest absolute Gasteiger partial charge is 0.458 e. The summed E-state index contributed by atoms with van der Waals surface area (Å²) in [6.45, 7) is 8.28. The van der Waals surface area contributed by atoms with Gasteiger partial charge in [0.05, 0.1) is 0 Å². The fourth-order valence-electron chi connectivity index (χ4n) is 6.33. The van der Waals surface area contributed by atoms with Gasteiger partial charge < -0.3 is 4.74 Å². The SMILES string of the molecule is C=CC1CC2=CC(=O)CCC2C2CC[C@@]3(C)C(C=C[C@@H]3OC(=O)CC)C12. The van der Waals surface area contributed by atoms with Crippen LogP contribution in [0, 0.1) is 35.0 Å². The molecule has 4 aliphatic rings. The van der Waals surface area contributed by atoms with Crippen LogP contribution in [0.1, 0.15) is 52.4 Å². The van der Waals surface area contributed by atoms with E-state index < -0.39 is 0 Å². The summed E-state index contributed by atoms with van der Waals surface area (Å²) in [4.78, 5) is 23.8. The van der Waals surface area contributed by atoms with Crippen molar-refractivity contribution in [2.75, 3.05) is 0 Å².